The number of anilines is 1. The van der Waals surface area contributed by atoms with Gasteiger partial charge in [0.1, 0.15) is 17.7 Å². The van der Waals surface area contributed by atoms with Gasteiger partial charge in [0, 0.05) is 49.6 Å². The van der Waals surface area contributed by atoms with E-state index in [1.54, 1.807) is 7.11 Å². The summed E-state index contributed by atoms with van der Waals surface area (Å²) in [7, 11) is 1.72. The summed E-state index contributed by atoms with van der Waals surface area (Å²) < 4.78 is 13.4. The van der Waals surface area contributed by atoms with E-state index in [4.69, 9.17) is 14.5 Å². The van der Waals surface area contributed by atoms with E-state index in [1.807, 2.05) is 32.9 Å². The molecule has 3 heterocycles. The standard InChI is InChI=1S/C39H53N5O4/c1-27(2)44-26-34(24-41-44)33-18-19-40-37(23-33)43(25-29-8-10-30(11-9-29)32-14-17-36(47-4)28(3)22-32)38(45)31-12-15-35(16-13-31)48-39(46)42-20-6-5-7-21-42/h14,17-19,22-24,26-27,29-31,35H,5-13,15-16,20-21,25H2,1-4H3. The smallest absolute Gasteiger partial charge is 0.410 e. The van der Waals surface area contributed by atoms with Gasteiger partial charge < -0.3 is 14.4 Å². The molecule has 2 aliphatic carbocycles. The molecule has 6 rings (SSSR count). The average Bonchev–Trinajstić information content (AvgIpc) is 3.63. The van der Waals surface area contributed by atoms with Gasteiger partial charge in [0.05, 0.1) is 13.3 Å². The predicted molar refractivity (Wildman–Crippen MR) is 188 cm³/mol. The minimum Gasteiger partial charge on any atom is -0.496 e. The summed E-state index contributed by atoms with van der Waals surface area (Å²) in [5.41, 5.74) is 4.59. The van der Waals surface area contributed by atoms with E-state index in [0.717, 1.165) is 94.2 Å². The number of benzene rings is 1. The third-order valence-corrected chi connectivity index (χ3v) is 10.8. The number of ether oxygens (including phenoxy) is 2. The molecule has 1 aliphatic heterocycles. The van der Waals surface area contributed by atoms with Gasteiger partial charge >= 0.3 is 6.09 Å². The van der Waals surface area contributed by atoms with Gasteiger partial charge in [-0.15, -0.1) is 0 Å². The molecule has 2 amide bonds. The highest BCUT2D eigenvalue weighted by molar-refractivity contribution is 5.94. The van der Waals surface area contributed by atoms with E-state index in [1.165, 1.54) is 17.5 Å². The number of nitrogens with zero attached hydrogens (tertiary/aromatic N) is 5. The van der Waals surface area contributed by atoms with E-state index < -0.39 is 0 Å². The summed E-state index contributed by atoms with van der Waals surface area (Å²) in [5, 5.41) is 4.54. The lowest BCUT2D eigenvalue weighted by atomic mass is 9.78. The van der Waals surface area contributed by atoms with Crippen molar-refractivity contribution in [1.82, 2.24) is 19.7 Å². The quantitative estimate of drug-likeness (QED) is 0.230. The first-order valence-electron chi connectivity index (χ1n) is 18.2. The lowest BCUT2D eigenvalue weighted by Gasteiger charge is -2.36. The molecular weight excluding hydrogens is 602 g/mol. The van der Waals surface area contributed by atoms with Gasteiger partial charge in [-0.25, -0.2) is 9.78 Å². The van der Waals surface area contributed by atoms with Crippen molar-refractivity contribution in [1.29, 1.82) is 0 Å². The number of hydrogen-bond donors (Lipinski definition) is 0. The summed E-state index contributed by atoms with van der Waals surface area (Å²) >= 11 is 0. The van der Waals surface area contributed by atoms with Crippen LogP contribution in [0.5, 0.6) is 5.75 Å². The fraction of sp³-hybridized carbons (Fsp3) is 0.590. The zero-order chi connectivity index (χ0) is 33.6. The van der Waals surface area contributed by atoms with Crippen LogP contribution in [0, 0.1) is 18.8 Å². The highest BCUT2D eigenvalue weighted by Crippen LogP contribution is 2.39. The summed E-state index contributed by atoms with van der Waals surface area (Å²) in [6.07, 6.45) is 16.0. The monoisotopic (exact) mass is 655 g/mol. The van der Waals surface area contributed by atoms with Crippen molar-refractivity contribution in [2.45, 2.75) is 109 Å². The van der Waals surface area contributed by atoms with Crippen molar-refractivity contribution >= 4 is 17.8 Å². The van der Waals surface area contributed by atoms with Crippen LogP contribution < -0.4 is 9.64 Å². The number of carbonyl (C=O) groups is 2. The Labute approximate surface area is 286 Å². The first-order valence-corrected chi connectivity index (χ1v) is 18.2. The average molecular weight is 656 g/mol. The molecular formula is C39H53N5O4. The summed E-state index contributed by atoms with van der Waals surface area (Å²) in [6.45, 7) is 8.57. The van der Waals surface area contributed by atoms with Crippen LogP contribution >= 0.6 is 0 Å². The van der Waals surface area contributed by atoms with Gasteiger partial charge in [0.25, 0.3) is 0 Å². The molecule has 9 nitrogen and oxygen atoms in total. The van der Waals surface area contributed by atoms with Crippen LogP contribution in [0.15, 0.2) is 48.9 Å². The number of aryl methyl sites for hydroxylation is 1. The fourth-order valence-electron chi connectivity index (χ4n) is 7.85. The van der Waals surface area contributed by atoms with Crippen molar-refractivity contribution in [3.05, 3.63) is 60.0 Å². The second kappa shape index (κ2) is 15.6. The molecule has 0 unspecified atom stereocenters. The maximum atomic E-state index is 14.4. The van der Waals surface area contributed by atoms with Crippen LogP contribution in [0.3, 0.4) is 0 Å². The SMILES string of the molecule is COc1ccc(C2CCC(CN(C(=O)C3CCC(OC(=O)N4CCCCC4)CC3)c3cc(-c4cnn(C(C)C)c4)ccn3)CC2)cc1C. The first kappa shape index (κ1) is 34.0. The van der Waals surface area contributed by atoms with Gasteiger partial charge in [-0.05, 0) is 138 Å². The molecule has 0 N–H and O–H groups in total. The van der Waals surface area contributed by atoms with Gasteiger partial charge in [-0.2, -0.15) is 5.10 Å². The third-order valence-electron chi connectivity index (χ3n) is 10.8. The van der Waals surface area contributed by atoms with E-state index in [-0.39, 0.29) is 30.1 Å². The minimum absolute atomic E-state index is 0.109. The van der Waals surface area contributed by atoms with Crippen LogP contribution in [-0.4, -0.2) is 64.5 Å². The molecule has 1 saturated heterocycles. The van der Waals surface area contributed by atoms with Crippen LogP contribution in [0.4, 0.5) is 10.6 Å². The molecule has 3 fully saturated rings. The van der Waals surface area contributed by atoms with Gasteiger partial charge in [-0.3, -0.25) is 14.4 Å². The minimum atomic E-state index is -0.187. The summed E-state index contributed by atoms with van der Waals surface area (Å²) in [5.74, 6) is 2.61. The van der Waals surface area contributed by atoms with Crippen LogP contribution in [0.25, 0.3) is 11.1 Å². The molecule has 2 aromatic heterocycles. The Morgan fingerprint density at radius 3 is 2.35 bits per heavy atom. The van der Waals surface area contributed by atoms with Crippen molar-refractivity contribution in [2.24, 2.45) is 11.8 Å². The van der Waals surface area contributed by atoms with Crippen molar-refractivity contribution in [3.63, 3.8) is 0 Å². The molecule has 48 heavy (non-hydrogen) atoms. The second-order valence-corrected chi connectivity index (χ2v) is 14.5. The number of hydrogen-bond acceptors (Lipinski definition) is 6. The number of methoxy groups -OCH3 is 1. The Balaban J connectivity index is 1.15. The van der Waals surface area contributed by atoms with E-state index in [2.05, 4.69) is 56.3 Å². The molecule has 3 aromatic rings. The van der Waals surface area contributed by atoms with Gasteiger partial charge in [-0.1, -0.05) is 12.1 Å². The zero-order valence-corrected chi connectivity index (χ0v) is 29.3. The summed E-state index contributed by atoms with van der Waals surface area (Å²) in [4.78, 5) is 35.8. The van der Waals surface area contributed by atoms with Gasteiger partial charge in [0.2, 0.25) is 5.91 Å². The maximum Gasteiger partial charge on any atom is 0.410 e. The molecule has 0 spiro atoms. The Morgan fingerprint density at radius 1 is 0.938 bits per heavy atom. The van der Waals surface area contributed by atoms with Crippen LogP contribution in [0.1, 0.15) is 108 Å². The van der Waals surface area contributed by atoms with E-state index >= 15 is 0 Å². The summed E-state index contributed by atoms with van der Waals surface area (Å²) in [6, 6.07) is 10.9. The molecule has 258 valence electrons. The van der Waals surface area contributed by atoms with E-state index in [9.17, 15) is 9.59 Å². The third kappa shape index (κ3) is 8.04. The van der Waals surface area contributed by atoms with Crippen molar-refractivity contribution in [3.8, 4) is 16.9 Å². The Hall–Kier alpha value is -3.88. The van der Waals surface area contributed by atoms with Crippen LogP contribution in [-0.2, 0) is 9.53 Å². The topological polar surface area (TPSA) is 89.8 Å². The van der Waals surface area contributed by atoms with Crippen LogP contribution in [0.2, 0.25) is 0 Å². The molecule has 9 heteroatoms. The Morgan fingerprint density at radius 2 is 1.69 bits per heavy atom. The fourth-order valence-corrected chi connectivity index (χ4v) is 7.85. The number of piperidine rings is 1. The molecule has 1 aromatic carbocycles. The molecule has 2 saturated carbocycles. The number of pyridine rings is 1. The molecule has 3 aliphatic rings. The lowest BCUT2D eigenvalue weighted by molar-refractivity contribution is -0.124. The molecule has 0 radical (unpaired) electrons. The zero-order valence-electron chi connectivity index (χ0n) is 29.3. The number of likely N-dealkylation sites (tertiary alicyclic amines) is 1. The first-order chi connectivity index (χ1) is 23.3. The predicted octanol–water partition coefficient (Wildman–Crippen LogP) is 8.33. The normalized spacial score (nSPS) is 23.1. The van der Waals surface area contributed by atoms with Crippen molar-refractivity contribution < 1.29 is 19.1 Å². The van der Waals surface area contributed by atoms with Gasteiger partial charge in [0.15, 0.2) is 0 Å². The number of carbonyl (C=O) groups excluding carboxylic acids is 2. The molecule has 0 bridgehead atoms. The Kier molecular flexibility index (Phi) is 11.0. The maximum absolute atomic E-state index is 14.4. The largest absolute Gasteiger partial charge is 0.496 e. The molecule has 0 atom stereocenters. The number of rotatable bonds is 9. The second-order valence-electron chi connectivity index (χ2n) is 14.5. The lowest BCUT2D eigenvalue weighted by Crippen LogP contribution is -2.43. The van der Waals surface area contributed by atoms with E-state index in [0.29, 0.717) is 24.2 Å². The highest BCUT2D eigenvalue weighted by Gasteiger charge is 2.35. The number of amides is 2. The highest BCUT2D eigenvalue weighted by atomic mass is 16.6. The van der Waals surface area contributed by atoms with Crippen molar-refractivity contribution in [2.75, 3.05) is 31.6 Å². The number of aromatic nitrogens is 3. The Bertz CT molecular complexity index is 1530.